The summed E-state index contributed by atoms with van der Waals surface area (Å²) in [5.74, 6) is 0.226. The number of nitrogens with zero attached hydrogens (tertiary/aromatic N) is 2. The molecule has 20 heavy (non-hydrogen) atoms. The van der Waals surface area contributed by atoms with Crippen molar-refractivity contribution in [3.63, 3.8) is 0 Å². The fourth-order valence-electron chi connectivity index (χ4n) is 2.69. The molecule has 106 valence electrons. The first-order chi connectivity index (χ1) is 9.47. The highest BCUT2D eigenvalue weighted by Gasteiger charge is 2.30. The molecule has 1 atom stereocenters. The highest BCUT2D eigenvalue weighted by molar-refractivity contribution is 7.92. The topological polar surface area (TPSA) is 50.3 Å². The second-order valence-electron chi connectivity index (χ2n) is 5.47. The molecule has 2 heterocycles. The quantitative estimate of drug-likeness (QED) is 0.807. The zero-order valence-corrected chi connectivity index (χ0v) is 12.5. The molecule has 0 spiro atoms. The van der Waals surface area contributed by atoms with E-state index in [0.29, 0.717) is 13.1 Å². The highest BCUT2D eigenvalue weighted by atomic mass is 32.2. The first-order valence-electron chi connectivity index (χ1n) is 6.79. The van der Waals surface area contributed by atoms with Crippen LogP contribution in [0.25, 0.3) is 10.9 Å². The third-order valence-electron chi connectivity index (χ3n) is 3.95. The lowest BCUT2D eigenvalue weighted by Gasteiger charge is -2.33. The van der Waals surface area contributed by atoms with Gasteiger partial charge >= 0.3 is 0 Å². The van der Waals surface area contributed by atoms with E-state index >= 15 is 0 Å². The SMILES string of the molecule is Cc1ccc2nccc(N3CCS(=O)(=O)[C@@H](C)C3)c2c1. The fourth-order valence-corrected chi connectivity index (χ4v) is 3.98. The minimum absolute atomic E-state index is 0.226. The van der Waals surface area contributed by atoms with Crippen molar-refractivity contribution in [2.24, 2.45) is 0 Å². The van der Waals surface area contributed by atoms with Gasteiger partial charge in [0.15, 0.2) is 9.84 Å². The molecule has 0 unspecified atom stereocenters. The van der Waals surface area contributed by atoms with E-state index < -0.39 is 9.84 Å². The number of aryl methyl sites for hydroxylation is 1. The van der Waals surface area contributed by atoms with Crippen LogP contribution in [0.15, 0.2) is 30.5 Å². The molecule has 0 N–H and O–H groups in total. The van der Waals surface area contributed by atoms with Gasteiger partial charge in [-0.2, -0.15) is 0 Å². The monoisotopic (exact) mass is 290 g/mol. The van der Waals surface area contributed by atoms with Crippen molar-refractivity contribution in [2.75, 3.05) is 23.7 Å². The smallest absolute Gasteiger partial charge is 0.156 e. The molecule has 0 saturated carbocycles. The van der Waals surface area contributed by atoms with E-state index in [1.165, 1.54) is 5.56 Å². The number of rotatable bonds is 1. The Morgan fingerprint density at radius 2 is 2.10 bits per heavy atom. The van der Waals surface area contributed by atoms with E-state index in [4.69, 9.17) is 0 Å². The van der Waals surface area contributed by atoms with Crippen LogP contribution in [0.1, 0.15) is 12.5 Å². The summed E-state index contributed by atoms with van der Waals surface area (Å²) in [6, 6.07) is 8.15. The lowest BCUT2D eigenvalue weighted by Crippen LogP contribution is -2.45. The molecule has 0 aliphatic carbocycles. The second-order valence-corrected chi connectivity index (χ2v) is 8.01. The first kappa shape index (κ1) is 13.4. The Morgan fingerprint density at radius 1 is 1.30 bits per heavy atom. The summed E-state index contributed by atoms with van der Waals surface area (Å²) >= 11 is 0. The van der Waals surface area contributed by atoms with Gasteiger partial charge in [0.1, 0.15) is 0 Å². The molecular formula is C15H18N2O2S. The van der Waals surface area contributed by atoms with Crippen LogP contribution in [0.4, 0.5) is 5.69 Å². The maximum absolute atomic E-state index is 11.8. The van der Waals surface area contributed by atoms with Crippen LogP contribution in [0, 0.1) is 6.92 Å². The predicted octanol–water partition coefficient (Wildman–Crippen LogP) is 2.17. The van der Waals surface area contributed by atoms with Crippen molar-refractivity contribution in [2.45, 2.75) is 19.1 Å². The van der Waals surface area contributed by atoms with E-state index in [2.05, 4.69) is 22.9 Å². The normalized spacial score (nSPS) is 22.1. The van der Waals surface area contributed by atoms with Gasteiger partial charge in [0.25, 0.3) is 0 Å². The number of fused-ring (bicyclic) bond motifs is 1. The lowest BCUT2D eigenvalue weighted by atomic mass is 10.1. The van der Waals surface area contributed by atoms with Gasteiger partial charge in [0.2, 0.25) is 0 Å². The molecule has 0 radical (unpaired) electrons. The van der Waals surface area contributed by atoms with Gasteiger partial charge in [-0.25, -0.2) is 8.42 Å². The molecule has 0 bridgehead atoms. The van der Waals surface area contributed by atoms with Gasteiger partial charge in [-0.3, -0.25) is 4.98 Å². The summed E-state index contributed by atoms with van der Waals surface area (Å²) in [5.41, 5.74) is 3.22. The van der Waals surface area contributed by atoms with E-state index in [1.54, 1.807) is 13.1 Å². The number of hydrogen-bond donors (Lipinski definition) is 0. The van der Waals surface area contributed by atoms with Crippen molar-refractivity contribution in [3.8, 4) is 0 Å². The maximum atomic E-state index is 11.8. The molecule has 2 aromatic rings. The Balaban J connectivity index is 2.05. The molecule has 3 rings (SSSR count). The summed E-state index contributed by atoms with van der Waals surface area (Å²) in [7, 11) is -2.92. The van der Waals surface area contributed by atoms with Crippen LogP contribution in [0.5, 0.6) is 0 Å². The average molecular weight is 290 g/mol. The Morgan fingerprint density at radius 3 is 2.85 bits per heavy atom. The van der Waals surface area contributed by atoms with Crippen molar-refractivity contribution in [3.05, 3.63) is 36.0 Å². The molecule has 1 aliphatic rings. The van der Waals surface area contributed by atoms with Crippen LogP contribution in [0.3, 0.4) is 0 Å². The van der Waals surface area contributed by atoms with Crippen LogP contribution < -0.4 is 4.90 Å². The van der Waals surface area contributed by atoms with Gasteiger partial charge < -0.3 is 4.90 Å². The molecule has 4 nitrogen and oxygen atoms in total. The fraction of sp³-hybridized carbons (Fsp3) is 0.400. The Hall–Kier alpha value is -1.62. The summed E-state index contributed by atoms with van der Waals surface area (Å²) in [4.78, 5) is 6.54. The van der Waals surface area contributed by atoms with Gasteiger partial charge in [0.05, 0.1) is 16.5 Å². The molecule has 1 aliphatic heterocycles. The number of pyridine rings is 1. The third kappa shape index (κ3) is 2.26. The standard InChI is InChI=1S/C15H18N2O2S/c1-11-3-4-14-13(9-11)15(5-6-16-14)17-7-8-20(18,19)12(2)10-17/h3-6,9,12H,7-8,10H2,1-2H3/t12-/m0/s1. The largest absolute Gasteiger partial charge is 0.369 e. The minimum atomic E-state index is -2.92. The van der Waals surface area contributed by atoms with Crippen molar-refractivity contribution in [1.29, 1.82) is 0 Å². The van der Waals surface area contributed by atoms with Crippen LogP contribution in [0.2, 0.25) is 0 Å². The predicted molar refractivity (Wildman–Crippen MR) is 81.9 cm³/mol. The van der Waals surface area contributed by atoms with E-state index in [0.717, 1.165) is 16.6 Å². The Bertz CT molecular complexity index is 756. The van der Waals surface area contributed by atoms with Crippen LogP contribution in [-0.2, 0) is 9.84 Å². The van der Waals surface area contributed by atoms with Crippen molar-refractivity contribution < 1.29 is 8.42 Å². The summed E-state index contributed by atoms with van der Waals surface area (Å²) in [6.07, 6.45) is 1.79. The number of anilines is 1. The summed E-state index contributed by atoms with van der Waals surface area (Å²) in [5, 5.41) is 0.781. The zero-order chi connectivity index (χ0) is 14.3. The molecular weight excluding hydrogens is 272 g/mol. The number of sulfone groups is 1. The van der Waals surface area contributed by atoms with E-state index in [-0.39, 0.29) is 11.0 Å². The molecule has 1 aromatic carbocycles. The highest BCUT2D eigenvalue weighted by Crippen LogP contribution is 2.28. The number of hydrogen-bond acceptors (Lipinski definition) is 4. The molecule has 5 heteroatoms. The minimum Gasteiger partial charge on any atom is -0.369 e. The van der Waals surface area contributed by atoms with Gasteiger partial charge in [0, 0.05) is 30.4 Å². The Labute approximate surface area is 119 Å². The van der Waals surface area contributed by atoms with Crippen LogP contribution >= 0.6 is 0 Å². The molecule has 1 saturated heterocycles. The molecule has 0 amide bonds. The third-order valence-corrected chi connectivity index (χ3v) is 6.08. The number of aromatic nitrogens is 1. The van der Waals surface area contributed by atoms with Crippen molar-refractivity contribution in [1.82, 2.24) is 4.98 Å². The zero-order valence-electron chi connectivity index (χ0n) is 11.7. The van der Waals surface area contributed by atoms with Crippen LogP contribution in [-0.4, -0.2) is 37.5 Å². The van der Waals surface area contributed by atoms with E-state index in [9.17, 15) is 8.42 Å². The Kier molecular flexibility index (Phi) is 3.17. The summed E-state index contributed by atoms with van der Waals surface area (Å²) < 4.78 is 23.7. The lowest BCUT2D eigenvalue weighted by molar-refractivity contribution is 0.569. The second kappa shape index (κ2) is 4.74. The van der Waals surface area contributed by atoms with Gasteiger partial charge in [-0.15, -0.1) is 0 Å². The first-order valence-corrected chi connectivity index (χ1v) is 8.51. The van der Waals surface area contributed by atoms with Gasteiger partial charge in [-0.05, 0) is 32.0 Å². The molecule has 1 aromatic heterocycles. The van der Waals surface area contributed by atoms with E-state index in [1.807, 2.05) is 18.2 Å². The van der Waals surface area contributed by atoms with Crippen molar-refractivity contribution >= 4 is 26.4 Å². The maximum Gasteiger partial charge on any atom is 0.156 e. The summed E-state index contributed by atoms with van der Waals surface area (Å²) in [6.45, 7) is 4.95. The average Bonchev–Trinajstić information content (AvgIpc) is 2.41. The van der Waals surface area contributed by atoms with Gasteiger partial charge in [-0.1, -0.05) is 11.6 Å². The molecule has 1 fully saturated rings. The number of benzene rings is 1.